The molecule has 0 atom stereocenters. The molecule has 0 N–H and O–H groups in total. The molecule has 0 saturated carbocycles. The van der Waals surface area contributed by atoms with E-state index in [2.05, 4.69) is 0 Å². The lowest BCUT2D eigenvalue weighted by Crippen LogP contribution is -2.44. The van der Waals surface area contributed by atoms with Gasteiger partial charge in [0.2, 0.25) is 0 Å². The van der Waals surface area contributed by atoms with Crippen molar-refractivity contribution in [3.8, 4) is 0 Å². The maximum absolute atomic E-state index is 11.2. The van der Waals surface area contributed by atoms with E-state index in [0.29, 0.717) is 0 Å². The van der Waals surface area contributed by atoms with Crippen LogP contribution in [0.2, 0.25) is 0 Å². The van der Waals surface area contributed by atoms with E-state index in [-0.39, 0.29) is 16.2 Å². The number of nitrogens with zero attached hydrogens (tertiary/aromatic N) is 1. The van der Waals surface area contributed by atoms with Crippen LogP contribution in [0.1, 0.15) is 20.8 Å². The molecular formula is C8H18NO2+. The number of carbonyl (C=O) groups is 1. The normalized spacial score (nSPS) is 12.9. The quantitative estimate of drug-likeness (QED) is 0.503. The second-order valence-electron chi connectivity index (χ2n) is 4.49. The molecule has 0 spiro atoms. The number of hydrogen-bond acceptors (Lipinski definition) is 2. The first-order valence-corrected chi connectivity index (χ1v) is 3.68. The highest BCUT2D eigenvalue weighted by Gasteiger charge is 2.27. The molecule has 0 aliphatic rings. The lowest BCUT2D eigenvalue weighted by atomic mass is 10.2. The molecule has 11 heavy (non-hydrogen) atoms. The number of quaternary nitrogens is 1. The molecule has 0 aromatic rings. The molecule has 3 nitrogen and oxygen atoms in total. The summed E-state index contributed by atoms with van der Waals surface area (Å²) in [7, 11) is 5.36. The molecule has 0 unspecified atom stereocenters. The Morgan fingerprint density at radius 3 is 1.64 bits per heavy atom. The van der Waals surface area contributed by atoms with E-state index in [1.165, 1.54) is 0 Å². The highest BCUT2D eigenvalue weighted by atomic mass is 16.6. The fourth-order valence-electron chi connectivity index (χ4n) is 0.399. The third-order valence-corrected chi connectivity index (χ3v) is 0.941. The zero-order valence-corrected chi connectivity index (χ0v) is 8.26. The predicted molar refractivity (Wildman–Crippen MR) is 44.3 cm³/mol. The molecule has 0 heterocycles. The van der Waals surface area contributed by atoms with Crippen molar-refractivity contribution in [2.75, 3.05) is 21.1 Å². The fourth-order valence-corrected chi connectivity index (χ4v) is 0.399. The topological polar surface area (TPSA) is 26.3 Å². The average molecular weight is 160 g/mol. The van der Waals surface area contributed by atoms with Gasteiger partial charge in [-0.1, -0.05) is 0 Å². The van der Waals surface area contributed by atoms with Crippen molar-refractivity contribution in [2.24, 2.45) is 0 Å². The van der Waals surface area contributed by atoms with Gasteiger partial charge in [0.05, 0.1) is 21.1 Å². The van der Waals surface area contributed by atoms with Crippen molar-refractivity contribution >= 4 is 6.09 Å². The van der Waals surface area contributed by atoms with Crippen molar-refractivity contribution in [3.05, 3.63) is 0 Å². The van der Waals surface area contributed by atoms with Crippen LogP contribution in [0, 0.1) is 0 Å². The SMILES string of the molecule is CC(C)(C)OC(=O)[N+](C)(C)C. The molecule has 0 rings (SSSR count). The predicted octanol–water partition coefficient (Wildman–Crippen LogP) is 1.63. The summed E-state index contributed by atoms with van der Waals surface area (Å²) in [4.78, 5) is 11.2. The van der Waals surface area contributed by atoms with Crippen molar-refractivity contribution in [3.63, 3.8) is 0 Å². The lowest BCUT2D eigenvalue weighted by molar-refractivity contribution is -0.796. The van der Waals surface area contributed by atoms with E-state index in [9.17, 15) is 4.79 Å². The third kappa shape index (κ3) is 4.79. The van der Waals surface area contributed by atoms with Crippen LogP contribution in [0.15, 0.2) is 0 Å². The van der Waals surface area contributed by atoms with Crippen LogP contribution in [-0.2, 0) is 4.74 Å². The van der Waals surface area contributed by atoms with E-state index in [1.54, 1.807) is 21.1 Å². The van der Waals surface area contributed by atoms with Crippen molar-refractivity contribution in [1.82, 2.24) is 0 Å². The number of amides is 1. The summed E-state index contributed by atoms with van der Waals surface area (Å²) in [6.07, 6.45) is -0.211. The van der Waals surface area contributed by atoms with Gasteiger partial charge in [0.25, 0.3) is 0 Å². The molecular weight excluding hydrogens is 142 g/mol. The van der Waals surface area contributed by atoms with Crippen molar-refractivity contribution < 1.29 is 14.0 Å². The Labute approximate surface area is 68.5 Å². The van der Waals surface area contributed by atoms with Gasteiger partial charge < -0.3 is 4.74 Å². The molecule has 0 radical (unpaired) electrons. The second-order valence-corrected chi connectivity index (χ2v) is 4.49. The number of carbonyl (C=O) groups excluding carboxylic acids is 1. The van der Waals surface area contributed by atoms with Crippen molar-refractivity contribution in [1.29, 1.82) is 0 Å². The summed E-state index contributed by atoms with van der Waals surface area (Å²) >= 11 is 0. The molecule has 0 aliphatic carbocycles. The third-order valence-electron chi connectivity index (χ3n) is 0.941. The molecule has 0 saturated heterocycles. The summed E-state index contributed by atoms with van der Waals surface area (Å²) in [6, 6.07) is 0. The minimum absolute atomic E-state index is 0.206. The first-order valence-electron chi connectivity index (χ1n) is 3.68. The van der Waals surface area contributed by atoms with Crippen LogP contribution >= 0.6 is 0 Å². The van der Waals surface area contributed by atoms with Gasteiger partial charge in [-0.05, 0) is 20.8 Å². The Morgan fingerprint density at radius 2 is 1.55 bits per heavy atom. The van der Waals surface area contributed by atoms with Crippen LogP contribution in [-0.4, -0.2) is 37.3 Å². The van der Waals surface area contributed by atoms with Crippen LogP contribution in [0.3, 0.4) is 0 Å². The van der Waals surface area contributed by atoms with Gasteiger partial charge in [-0.3, -0.25) is 0 Å². The molecule has 0 bridgehead atoms. The minimum Gasteiger partial charge on any atom is -0.414 e. The van der Waals surface area contributed by atoms with Crippen LogP contribution in [0.5, 0.6) is 0 Å². The van der Waals surface area contributed by atoms with Gasteiger partial charge in [0.1, 0.15) is 5.60 Å². The maximum Gasteiger partial charge on any atom is 0.515 e. The number of ether oxygens (including phenoxy) is 1. The van der Waals surface area contributed by atoms with Crippen LogP contribution in [0.4, 0.5) is 4.79 Å². The Balaban J connectivity index is 4.11. The smallest absolute Gasteiger partial charge is 0.414 e. The number of rotatable bonds is 0. The van der Waals surface area contributed by atoms with Crippen LogP contribution < -0.4 is 0 Å². The summed E-state index contributed by atoms with van der Waals surface area (Å²) in [5, 5.41) is 0. The van der Waals surface area contributed by atoms with Crippen molar-refractivity contribution in [2.45, 2.75) is 26.4 Å². The minimum atomic E-state index is -0.386. The van der Waals surface area contributed by atoms with Gasteiger partial charge >= 0.3 is 6.09 Å². The highest BCUT2D eigenvalue weighted by molar-refractivity contribution is 5.59. The second kappa shape index (κ2) is 2.81. The van der Waals surface area contributed by atoms with Gasteiger partial charge in [0.15, 0.2) is 0 Å². The van der Waals surface area contributed by atoms with E-state index in [1.807, 2.05) is 20.8 Å². The summed E-state index contributed by atoms with van der Waals surface area (Å²) in [5.41, 5.74) is -0.386. The molecule has 0 aromatic carbocycles. The van der Waals surface area contributed by atoms with Crippen LogP contribution in [0.25, 0.3) is 0 Å². The largest absolute Gasteiger partial charge is 0.515 e. The van der Waals surface area contributed by atoms with Gasteiger partial charge in [-0.25, -0.2) is 4.48 Å². The van der Waals surface area contributed by atoms with Gasteiger partial charge in [-0.2, -0.15) is 4.79 Å². The Bertz CT molecular complexity index is 150. The average Bonchev–Trinajstić information content (AvgIpc) is 1.56. The summed E-state index contributed by atoms with van der Waals surface area (Å²) in [5.74, 6) is 0. The van der Waals surface area contributed by atoms with Gasteiger partial charge in [0, 0.05) is 0 Å². The van der Waals surface area contributed by atoms with E-state index < -0.39 is 0 Å². The Kier molecular flexibility index (Phi) is 2.67. The molecule has 0 aromatic heterocycles. The molecule has 66 valence electrons. The molecule has 1 amide bonds. The summed E-state index contributed by atoms with van der Waals surface area (Å²) in [6.45, 7) is 5.58. The maximum atomic E-state index is 11.2. The van der Waals surface area contributed by atoms with Gasteiger partial charge in [-0.15, -0.1) is 0 Å². The Morgan fingerprint density at radius 1 is 1.18 bits per heavy atom. The van der Waals surface area contributed by atoms with E-state index in [4.69, 9.17) is 4.74 Å². The zero-order chi connectivity index (χ0) is 9.28. The lowest BCUT2D eigenvalue weighted by Gasteiger charge is -2.25. The fraction of sp³-hybridized carbons (Fsp3) is 0.875. The number of hydrogen-bond donors (Lipinski definition) is 0. The van der Waals surface area contributed by atoms with E-state index in [0.717, 1.165) is 0 Å². The monoisotopic (exact) mass is 160 g/mol. The molecule has 0 aliphatic heterocycles. The Hall–Kier alpha value is -0.570. The first-order chi connectivity index (χ1) is 4.63. The molecule has 0 fully saturated rings. The van der Waals surface area contributed by atoms with E-state index >= 15 is 0 Å². The highest BCUT2D eigenvalue weighted by Crippen LogP contribution is 2.10. The first kappa shape index (κ1) is 10.4. The summed E-state index contributed by atoms with van der Waals surface area (Å²) < 4.78 is 5.34. The zero-order valence-electron chi connectivity index (χ0n) is 8.26. The standard InChI is InChI=1S/C8H18NO2/c1-8(2,3)11-7(10)9(4,5)6/h1-6H3/q+1. The molecule has 3 heteroatoms.